The molecular formula is C12H16N2O2S. The highest BCUT2D eigenvalue weighted by Gasteiger charge is 2.51. The van der Waals surface area contributed by atoms with Crippen molar-refractivity contribution < 1.29 is 8.42 Å². The van der Waals surface area contributed by atoms with E-state index in [0.29, 0.717) is 18.0 Å². The van der Waals surface area contributed by atoms with Gasteiger partial charge in [-0.3, -0.25) is 0 Å². The van der Waals surface area contributed by atoms with E-state index in [9.17, 15) is 8.42 Å². The van der Waals surface area contributed by atoms with Gasteiger partial charge in [-0.2, -0.15) is 4.31 Å². The summed E-state index contributed by atoms with van der Waals surface area (Å²) in [6.45, 7) is 4.19. The van der Waals surface area contributed by atoms with Gasteiger partial charge >= 0.3 is 0 Å². The lowest BCUT2D eigenvalue weighted by Gasteiger charge is -2.55. The highest BCUT2D eigenvalue weighted by molar-refractivity contribution is 7.89. The van der Waals surface area contributed by atoms with Gasteiger partial charge in [-0.15, -0.1) is 0 Å². The third-order valence-electron chi connectivity index (χ3n) is 3.72. The van der Waals surface area contributed by atoms with Crippen LogP contribution >= 0.6 is 0 Å². The van der Waals surface area contributed by atoms with E-state index in [-0.39, 0.29) is 5.54 Å². The molecule has 1 spiro atoms. The molecular weight excluding hydrogens is 236 g/mol. The lowest BCUT2D eigenvalue weighted by atomic mass is 9.82. The van der Waals surface area contributed by atoms with Crippen molar-refractivity contribution in [3.05, 3.63) is 29.8 Å². The standard InChI is InChI=1S/C12H16N2O2S/c1-10-2-4-11(5-3-10)17(15,16)14-8-12(9-14)6-7-13-12/h2-5,13H,6-9H2,1H3. The van der Waals surface area contributed by atoms with Gasteiger partial charge in [0.05, 0.1) is 4.90 Å². The van der Waals surface area contributed by atoms with Gasteiger partial charge < -0.3 is 5.32 Å². The van der Waals surface area contributed by atoms with Gasteiger partial charge in [0.2, 0.25) is 10.0 Å². The number of hydrogen-bond donors (Lipinski definition) is 1. The number of benzene rings is 1. The normalized spacial score (nSPS) is 23.1. The van der Waals surface area contributed by atoms with Gasteiger partial charge in [0.15, 0.2) is 0 Å². The van der Waals surface area contributed by atoms with Crippen LogP contribution < -0.4 is 5.32 Å². The van der Waals surface area contributed by atoms with Crippen LogP contribution in [0.25, 0.3) is 0 Å². The molecule has 1 aromatic carbocycles. The summed E-state index contributed by atoms with van der Waals surface area (Å²) in [7, 11) is -3.27. The maximum Gasteiger partial charge on any atom is 0.243 e. The number of aryl methyl sites for hydroxylation is 1. The second kappa shape index (κ2) is 3.54. The Morgan fingerprint density at radius 1 is 1.24 bits per heavy atom. The zero-order chi connectivity index (χ0) is 12.1. The first-order valence-electron chi connectivity index (χ1n) is 5.84. The zero-order valence-corrected chi connectivity index (χ0v) is 10.6. The molecule has 3 rings (SSSR count). The van der Waals surface area contributed by atoms with Crippen molar-refractivity contribution in [3.8, 4) is 0 Å². The average Bonchev–Trinajstić information content (AvgIpc) is 2.13. The molecule has 0 bridgehead atoms. The highest BCUT2D eigenvalue weighted by atomic mass is 32.2. The van der Waals surface area contributed by atoms with Crippen molar-refractivity contribution in [2.75, 3.05) is 19.6 Å². The Bertz CT molecular complexity index is 524. The van der Waals surface area contributed by atoms with Crippen LogP contribution in [0.2, 0.25) is 0 Å². The maximum atomic E-state index is 12.3. The summed E-state index contributed by atoms with van der Waals surface area (Å²) in [6.07, 6.45) is 1.09. The fourth-order valence-electron chi connectivity index (χ4n) is 2.41. The Morgan fingerprint density at radius 2 is 1.82 bits per heavy atom. The Morgan fingerprint density at radius 3 is 2.29 bits per heavy atom. The molecule has 0 saturated carbocycles. The van der Waals surface area contributed by atoms with Gasteiger partial charge in [-0.25, -0.2) is 8.42 Å². The number of hydrogen-bond acceptors (Lipinski definition) is 3. The monoisotopic (exact) mass is 252 g/mol. The second-order valence-corrected chi connectivity index (χ2v) is 6.98. The molecule has 5 heteroatoms. The highest BCUT2D eigenvalue weighted by Crippen LogP contribution is 2.34. The van der Waals surface area contributed by atoms with Crippen LogP contribution in [-0.2, 0) is 10.0 Å². The summed E-state index contributed by atoms with van der Waals surface area (Å²) < 4.78 is 26.1. The molecule has 2 fully saturated rings. The molecule has 4 nitrogen and oxygen atoms in total. The van der Waals surface area contributed by atoms with E-state index in [2.05, 4.69) is 5.32 Å². The second-order valence-electron chi connectivity index (χ2n) is 5.04. The van der Waals surface area contributed by atoms with E-state index < -0.39 is 10.0 Å². The minimum Gasteiger partial charge on any atom is -0.309 e. The smallest absolute Gasteiger partial charge is 0.243 e. The average molecular weight is 252 g/mol. The summed E-state index contributed by atoms with van der Waals surface area (Å²) in [5, 5.41) is 3.31. The number of nitrogens with zero attached hydrogens (tertiary/aromatic N) is 1. The molecule has 1 N–H and O–H groups in total. The van der Waals surface area contributed by atoms with Crippen LogP contribution in [0.3, 0.4) is 0 Å². The van der Waals surface area contributed by atoms with Crippen LogP contribution in [-0.4, -0.2) is 37.9 Å². The number of sulfonamides is 1. The van der Waals surface area contributed by atoms with Gasteiger partial charge in [0, 0.05) is 18.6 Å². The van der Waals surface area contributed by atoms with Crippen LogP contribution in [0.15, 0.2) is 29.2 Å². The molecule has 1 aromatic rings. The lowest BCUT2D eigenvalue weighted by molar-refractivity contribution is 0.0534. The van der Waals surface area contributed by atoms with Crippen molar-refractivity contribution in [2.45, 2.75) is 23.8 Å². The first-order valence-corrected chi connectivity index (χ1v) is 7.28. The first-order chi connectivity index (χ1) is 8.02. The minimum absolute atomic E-state index is 0.0950. The van der Waals surface area contributed by atoms with Gasteiger partial charge in [-0.05, 0) is 32.0 Å². The third kappa shape index (κ3) is 1.69. The van der Waals surface area contributed by atoms with E-state index in [4.69, 9.17) is 0 Å². The van der Waals surface area contributed by atoms with Crippen molar-refractivity contribution >= 4 is 10.0 Å². The Balaban J connectivity index is 1.80. The van der Waals surface area contributed by atoms with Crippen molar-refractivity contribution in [1.82, 2.24) is 9.62 Å². The molecule has 2 saturated heterocycles. The lowest BCUT2D eigenvalue weighted by Crippen LogP contribution is -2.76. The van der Waals surface area contributed by atoms with Gasteiger partial charge in [0.25, 0.3) is 0 Å². The van der Waals surface area contributed by atoms with Crippen molar-refractivity contribution in [1.29, 1.82) is 0 Å². The third-order valence-corrected chi connectivity index (χ3v) is 5.53. The summed E-state index contributed by atoms with van der Waals surface area (Å²) in [6, 6.07) is 7.04. The van der Waals surface area contributed by atoms with Gasteiger partial charge in [-0.1, -0.05) is 17.7 Å². The SMILES string of the molecule is Cc1ccc(S(=O)(=O)N2CC3(CCN3)C2)cc1. The molecule has 17 heavy (non-hydrogen) atoms. The largest absolute Gasteiger partial charge is 0.309 e. The van der Waals surface area contributed by atoms with E-state index in [0.717, 1.165) is 18.5 Å². The van der Waals surface area contributed by atoms with E-state index in [1.807, 2.05) is 19.1 Å². The van der Waals surface area contributed by atoms with E-state index in [1.165, 1.54) is 0 Å². The molecule has 0 atom stereocenters. The zero-order valence-electron chi connectivity index (χ0n) is 9.81. The van der Waals surface area contributed by atoms with Crippen molar-refractivity contribution in [3.63, 3.8) is 0 Å². The molecule has 2 heterocycles. The summed E-state index contributed by atoms with van der Waals surface area (Å²) in [5.41, 5.74) is 1.17. The van der Waals surface area contributed by atoms with E-state index in [1.54, 1.807) is 16.4 Å². The fourth-order valence-corrected chi connectivity index (χ4v) is 4.02. The molecule has 0 aromatic heterocycles. The quantitative estimate of drug-likeness (QED) is 0.844. The Kier molecular flexibility index (Phi) is 2.33. The molecule has 0 unspecified atom stereocenters. The molecule has 2 aliphatic heterocycles. The van der Waals surface area contributed by atoms with Crippen LogP contribution in [0.4, 0.5) is 0 Å². The number of rotatable bonds is 2. The first kappa shape index (κ1) is 11.2. The predicted octanol–water partition coefficient (Wildman–Crippen LogP) is 0.731. The molecule has 0 aliphatic carbocycles. The molecule has 0 amide bonds. The van der Waals surface area contributed by atoms with E-state index >= 15 is 0 Å². The van der Waals surface area contributed by atoms with Crippen LogP contribution in [0.1, 0.15) is 12.0 Å². The topological polar surface area (TPSA) is 49.4 Å². The fraction of sp³-hybridized carbons (Fsp3) is 0.500. The predicted molar refractivity (Wildman–Crippen MR) is 65.3 cm³/mol. The molecule has 2 aliphatic rings. The summed E-state index contributed by atoms with van der Waals surface area (Å²) in [4.78, 5) is 0.400. The van der Waals surface area contributed by atoms with Crippen LogP contribution in [0.5, 0.6) is 0 Å². The minimum atomic E-state index is -3.27. The maximum absolute atomic E-state index is 12.3. The molecule has 92 valence electrons. The molecule has 0 radical (unpaired) electrons. The Labute approximate surface area is 102 Å². The summed E-state index contributed by atoms with van der Waals surface area (Å²) in [5.74, 6) is 0. The van der Waals surface area contributed by atoms with Crippen LogP contribution in [0, 0.1) is 6.92 Å². The van der Waals surface area contributed by atoms with Gasteiger partial charge in [0.1, 0.15) is 0 Å². The number of nitrogens with one attached hydrogen (secondary N) is 1. The summed E-state index contributed by atoms with van der Waals surface area (Å²) >= 11 is 0. The van der Waals surface area contributed by atoms with Crippen molar-refractivity contribution in [2.24, 2.45) is 0 Å². The Hall–Kier alpha value is -0.910.